The first kappa shape index (κ1) is 5.35. The van der Waals surface area contributed by atoms with Gasteiger partial charge in [0.05, 0.1) is 24.7 Å². The summed E-state index contributed by atoms with van der Waals surface area (Å²) in [6.45, 7) is 0.886. The van der Waals surface area contributed by atoms with Gasteiger partial charge in [-0.15, -0.1) is 11.6 Å². The van der Waals surface area contributed by atoms with Crippen molar-refractivity contribution in [3.8, 4) is 0 Å². The molecule has 2 nitrogen and oxygen atoms in total. The molecule has 0 spiro atoms. The highest BCUT2D eigenvalue weighted by molar-refractivity contribution is 6.21. The molecule has 0 aromatic carbocycles. The van der Waals surface area contributed by atoms with E-state index in [1.165, 1.54) is 0 Å². The lowest BCUT2D eigenvalue weighted by Crippen LogP contribution is -2.16. The van der Waals surface area contributed by atoms with Crippen LogP contribution in [0.4, 0.5) is 0 Å². The van der Waals surface area contributed by atoms with E-state index in [-0.39, 0.29) is 5.38 Å². The van der Waals surface area contributed by atoms with Crippen molar-refractivity contribution in [2.45, 2.75) is 11.5 Å². The minimum absolute atomic E-state index is 0.181. The van der Waals surface area contributed by atoms with E-state index in [9.17, 15) is 0 Å². The van der Waals surface area contributed by atoms with E-state index in [0.29, 0.717) is 13.2 Å². The Kier molecular flexibility index (Phi) is 1.52. The Balaban J connectivity index is 2.33. The van der Waals surface area contributed by atoms with Crippen LogP contribution in [0.3, 0.4) is 0 Å². The van der Waals surface area contributed by atoms with E-state index in [4.69, 9.17) is 21.4 Å². The highest BCUT2D eigenvalue weighted by atomic mass is 35.5. The van der Waals surface area contributed by atoms with Gasteiger partial charge in [-0.2, -0.15) is 0 Å². The van der Waals surface area contributed by atoms with Gasteiger partial charge in [-0.25, -0.2) is 0 Å². The molecule has 1 N–H and O–H groups in total. The molecule has 1 aliphatic rings. The number of rotatable bonds is 0. The van der Waals surface area contributed by atoms with E-state index in [0.717, 1.165) is 0 Å². The Hall–Kier alpha value is 0.210. The smallest absolute Gasteiger partial charge is 0.0959 e. The van der Waals surface area contributed by atoms with Crippen LogP contribution in [0.1, 0.15) is 0 Å². The van der Waals surface area contributed by atoms with Gasteiger partial charge >= 0.3 is 0 Å². The summed E-state index contributed by atoms with van der Waals surface area (Å²) in [7, 11) is 0. The predicted molar refractivity (Wildman–Crippen MR) is 26.5 cm³/mol. The van der Waals surface area contributed by atoms with Gasteiger partial charge in [0.15, 0.2) is 0 Å². The van der Waals surface area contributed by atoms with Gasteiger partial charge in [-0.1, -0.05) is 0 Å². The van der Waals surface area contributed by atoms with Crippen LogP contribution in [-0.2, 0) is 4.74 Å². The van der Waals surface area contributed by atoms with Gasteiger partial charge in [-0.3, -0.25) is 0 Å². The molecule has 1 fully saturated rings. The molecule has 1 rings (SSSR count). The molecule has 0 bridgehead atoms. The molecule has 0 radical (unpaired) electrons. The zero-order valence-corrected chi connectivity index (χ0v) is 4.56. The topological polar surface area (TPSA) is 29.5 Å². The molecule has 2 atom stereocenters. The summed E-state index contributed by atoms with van der Waals surface area (Å²) in [4.78, 5) is 0. The maximum atomic E-state index is 8.74. The fourth-order valence-corrected chi connectivity index (χ4v) is 0.679. The second-order valence-electron chi connectivity index (χ2n) is 1.62. The third kappa shape index (κ3) is 1.06. The van der Waals surface area contributed by atoms with Crippen molar-refractivity contribution >= 4 is 11.6 Å². The molecule has 7 heavy (non-hydrogen) atoms. The largest absolute Gasteiger partial charge is 0.389 e. The molecule has 0 aromatic heterocycles. The lowest BCUT2D eigenvalue weighted by atomic mass is 10.3. The average Bonchev–Trinajstić information content (AvgIpc) is 1.91. The van der Waals surface area contributed by atoms with Crippen LogP contribution in [0.2, 0.25) is 0 Å². The van der Waals surface area contributed by atoms with Crippen molar-refractivity contribution in [2.24, 2.45) is 0 Å². The summed E-state index contributed by atoms with van der Waals surface area (Å²) >= 11 is 5.49. The Morgan fingerprint density at radius 3 is 2.43 bits per heavy atom. The molecule has 3 heteroatoms. The maximum Gasteiger partial charge on any atom is 0.0959 e. The van der Waals surface area contributed by atoms with E-state index >= 15 is 0 Å². The van der Waals surface area contributed by atoms with Crippen molar-refractivity contribution in [2.75, 3.05) is 13.2 Å². The van der Waals surface area contributed by atoms with Crippen LogP contribution in [0.5, 0.6) is 0 Å². The molecular weight excluding hydrogens is 115 g/mol. The molecule has 0 unspecified atom stereocenters. The second kappa shape index (κ2) is 1.99. The van der Waals surface area contributed by atoms with Crippen LogP contribution in [0.25, 0.3) is 0 Å². The fourth-order valence-electron chi connectivity index (χ4n) is 0.517. The van der Waals surface area contributed by atoms with Gasteiger partial charge in [0.1, 0.15) is 0 Å². The van der Waals surface area contributed by atoms with Crippen LogP contribution >= 0.6 is 11.6 Å². The van der Waals surface area contributed by atoms with Crippen LogP contribution < -0.4 is 0 Å². The number of halogens is 1. The Morgan fingerprint density at radius 1 is 1.57 bits per heavy atom. The molecule has 1 aliphatic heterocycles. The Bertz CT molecular complexity index is 58.7. The number of hydrogen-bond acceptors (Lipinski definition) is 2. The lowest BCUT2D eigenvalue weighted by Gasteiger charge is -1.98. The average molecular weight is 123 g/mol. The second-order valence-corrected chi connectivity index (χ2v) is 2.18. The summed E-state index contributed by atoms with van der Waals surface area (Å²) < 4.78 is 4.79. The van der Waals surface area contributed by atoms with Crippen molar-refractivity contribution in [1.82, 2.24) is 0 Å². The number of aliphatic hydroxyl groups excluding tert-OH is 1. The monoisotopic (exact) mass is 122 g/mol. The Morgan fingerprint density at radius 2 is 2.29 bits per heavy atom. The van der Waals surface area contributed by atoms with Gasteiger partial charge in [0, 0.05) is 0 Å². The summed E-state index contributed by atoms with van der Waals surface area (Å²) in [6, 6.07) is 0. The van der Waals surface area contributed by atoms with Gasteiger partial charge in [-0.05, 0) is 0 Å². The van der Waals surface area contributed by atoms with Crippen LogP contribution in [0.15, 0.2) is 0 Å². The predicted octanol–water partition coefficient (Wildman–Crippen LogP) is -0.0151. The minimum atomic E-state index is -0.443. The number of aliphatic hydroxyl groups is 1. The van der Waals surface area contributed by atoms with Gasteiger partial charge in [0.2, 0.25) is 0 Å². The minimum Gasteiger partial charge on any atom is -0.389 e. The quantitative estimate of drug-likeness (QED) is 0.458. The standard InChI is InChI=1S/C4H7ClO2/c5-3-1-7-2-4(3)6/h3-4,6H,1-2H2/t3-,4+/m0/s1. The third-order valence-electron chi connectivity index (χ3n) is 0.983. The van der Waals surface area contributed by atoms with E-state index in [1.54, 1.807) is 0 Å². The number of alkyl halides is 1. The maximum absolute atomic E-state index is 8.74. The SMILES string of the molecule is O[C@@H]1COC[C@@H]1Cl. The molecule has 42 valence electrons. The Labute approximate surface area is 47.0 Å². The highest BCUT2D eigenvalue weighted by Crippen LogP contribution is 2.10. The molecule has 0 aliphatic carbocycles. The molecule has 0 aromatic rings. The normalized spacial score (nSPS) is 42.0. The van der Waals surface area contributed by atoms with E-state index < -0.39 is 6.10 Å². The van der Waals surface area contributed by atoms with Crippen molar-refractivity contribution < 1.29 is 9.84 Å². The number of ether oxygens (including phenoxy) is 1. The summed E-state index contributed by atoms with van der Waals surface area (Å²) in [5.74, 6) is 0. The first-order chi connectivity index (χ1) is 3.30. The van der Waals surface area contributed by atoms with Crippen LogP contribution in [0, 0.1) is 0 Å². The summed E-state index contributed by atoms with van der Waals surface area (Å²) in [5, 5.41) is 8.56. The van der Waals surface area contributed by atoms with Gasteiger partial charge in [0.25, 0.3) is 0 Å². The first-order valence-corrected chi connectivity index (χ1v) is 2.64. The molecular formula is C4H7ClO2. The van der Waals surface area contributed by atoms with Crippen molar-refractivity contribution in [3.05, 3.63) is 0 Å². The summed E-state index contributed by atoms with van der Waals surface area (Å²) in [5.41, 5.74) is 0. The highest BCUT2D eigenvalue weighted by Gasteiger charge is 2.22. The molecule has 1 saturated heterocycles. The van der Waals surface area contributed by atoms with E-state index in [1.807, 2.05) is 0 Å². The molecule has 0 saturated carbocycles. The van der Waals surface area contributed by atoms with Crippen LogP contribution in [-0.4, -0.2) is 29.8 Å². The zero-order chi connectivity index (χ0) is 5.28. The fraction of sp³-hybridized carbons (Fsp3) is 1.00. The van der Waals surface area contributed by atoms with Gasteiger partial charge < -0.3 is 9.84 Å². The lowest BCUT2D eigenvalue weighted by molar-refractivity contribution is 0.127. The van der Waals surface area contributed by atoms with Crippen molar-refractivity contribution in [1.29, 1.82) is 0 Å². The third-order valence-corrected chi connectivity index (χ3v) is 1.40. The molecule has 0 amide bonds. The van der Waals surface area contributed by atoms with Crippen molar-refractivity contribution in [3.63, 3.8) is 0 Å². The van der Waals surface area contributed by atoms with E-state index in [2.05, 4.69) is 0 Å². The molecule has 1 heterocycles. The first-order valence-electron chi connectivity index (χ1n) is 2.20. The number of hydrogen-bond donors (Lipinski definition) is 1. The summed E-state index contributed by atoms with van der Waals surface area (Å²) in [6.07, 6.45) is -0.443. The zero-order valence-electron chi connectivity index (χ0n) is 3.80.